The maximum atomic E-state index is 12.7. The van der Waals surface area contributed by atoms with Crippen molar-refractivity contribution in [3.8, 4) is 11.3 Å². The molecule has 0 saturated heterocycles. The van der Waals surface area contributed by atoms with Crippen molar-refractivity contribution in [1.82, 2.24) is 39.5 Å². The van der Waals surface area contributed by atoms with Crippen LogP contribution in [-0.4, -0.2) is 53.2 Å². The molecule has 2 N–H and O–H groups in total. The van der Waals surface area contributed by atoms with Crippen molar-refractivity contribution in [3.05, 3.63) is 72.4 Å². The fourth-order valence-electron chi connectivity index (χ4n) is 3.40. The van der Waals surface area contributed by atoms with E-state index in [4.69, 9.17) is 0 Å². The number of carbonyl (C=O) groups excluding carboxylic acids is 1. The lowest BCUT2D eigenvalue weighted by molar-refractivity contribution is 0.0956. The Labute approximate surface area is 177 Å². The Morgan fingerprint density at radius 1 is 1.03 bits per heavy atom. The second kappa shape index (κ2) is 7.82. The van der Waals surface area contributed by atoms with Crippen LogP contribution in [0.25, 0.3) is 22.7 Å². The van der Waals surface area contributed by atoms with Crippen LogP contribution in [0.15, 0.2) is 61.2 Å². The van der Waals surface area contributed by atoms with E-state index in [2.05, 4.69) is 35.8 Å². The number of aryl methyl sites for hydroxylation is 1. The lowest BCUT2D eigenvalue weighted by atomic mass is 10.1. The largest absolute Gasteiger partial charge is 0.368 e. The van der Waals surface area contributed by atoms with Crippen molar-refractivity contribution >= 4 is 23.1 Å². The molecule has 154 valence electrons. The van der Waals surface area contributed by atoms with Gasteiger partial charge in [0.15, 0.2) is 5.65 Å². The highest BCUT2D eigenvalue weighted by Crippen LogP contribution is 2.20. The normalized spacial score (nSPS) is 11.1. The van der Waals surface area contributed by atoms with Crippen LogP contribution in [0, 0.1) is 6.92 Å². The smallest absolute Gasteiger partial charge is 0.256 e. The highest BCUT2D eigenvalue weighted by molar-refractivity contribution is 5.99. The van der Waals surface area contributed by atoms with E-state index < -0.39 is 0 Å². The molecule has 0 aliphatic rings. The number of nitrogens with zero attached hydrogens (tertiary/aromatic N) is 7. The number of amides is 1. The SMILES string of the molecule is Cc1cc(NCCNC(=O)c2cnn3c(-c4ccccc4)ccnc23)n2ncnc2n1. The molecular weight excluding hydrogens is 394 g/mol. The molecule has 4 heterocycles. The Bertz CT molecular complexity index is 1370. The summed E-state index contributed by atoms with van der Waals surface area (Å²) in [5.41, 5.74) is 3.65. The summed E-state index contributed by atoms with van der Waals surface area (Å²) in [7, 11) is 0. The number of rotatable bonds is 6. The van der Waals surface area contributed by atoms with Crippen LogP contribution in [0.5, 0.6) is 0 Å². The van der Waals surface area contributed by atoms with Crippen molar-refractivity contribution < 1.29 is 4.79 Å². The molecule has 0 fully saturated rings. The van der Waals surface area contributed by atoms with E-state index in [1.165, 1.54) is 6.33 Å². The number of benzene rings is 1. The van der Waals surface area contributed by atoms with Crippen LogP contribution in [0.2, 0.25) is 0 Å². The van der Waals surface area contributed by atoms with Gasteiger partial charge in [-0.15, -0.1) is 0 Å². The Morgan fingerprint density at radius 2 is 1.90 bits per heavy atom. The highest BCUT2D eigenvalue weighted by Gasteiger charge is 2.16. The summed E-state index contributed by atoms with van der Waals surface area (Å²) in [4.78, 5) is 25.5. The molecule has 31 heavy (non-hydrogen) atoms. The van der Waals surface area contributed by atoms with Gasteiger partial charge in [0.1, 0.15) is 17.7 Å². The molecule has 10 heteroatoms. The number of hydrogen-bond donors (Lipinski definition) is 2. The van der Waals surface area contributed by atoms with Gasteiger partial charge in [0.2, 0.25) is 0 Å². The van der Waals surface area contributed by atoms with Gasteiger partial charge in [-0.3, -0.25) is 4.79 Å². The number of hydrogen-bond acceptors (Lipinski definition) is 7. The number of fused-ring (bicyclic) bond motifs is 2. The van der Waals surface area contributed by atoms with Crippen LogP contribution in [0.4, 0.5) is 5.82 Å². The molecule has 0 saturated carbocycles. The van der Waals surface area contributed by atoms with Gasteiger partial charge in [0.25, 0.3) is 11.7 Å². The zero-order valence-corrected chi connectivity index (χ0v) is 16.7. The Balaban J connectivity index is 1.28. The molecule has 0 aliphatic heterocycles. The quantitative estimate of drug-likeness (QED) is 0.409. The Hall–Kier alpha value is -4.34. The lowest BCUT2D eigenvalue weighted by Crippen LogP contribution is -2.29. The van der Waals surface area contributed by atoms with Crippen LogP contribution >= 0.6 is 0 Å². The second-order valence-corrected chi connectivity index (χ2v) is 6.93. The monoisotopic (exact) mass is 413 g/mol. The third-order valence-electron chi connectivity index (χ3n) is 4.81. The maximum Gasteiger partial charge on any atom is 0.256 e. The summed E-state index contributed by atoms with van der Waals surface area (Å²) in [6.07, 6.45) is 4.69. The molecular formula is C21H19N9O. The molecule has 1 amide bonds. The van der Waals surface area contributed by atoms with Gasteiger partial charge >= 0.3 is 0 Å². The van der Waals surface area contributed by atoms with Gasteiger partial charge in [-0.05, 0) is 13.0 Å². The van der Waals surface area contributed by atoms with Crippen molar-refractivity contribution in [1.29, 1.82) is 0 Å². The van der Waals surface area contributed by atoms with E-state index in [-0.39, 0.29) is 5.91 Å². The minimum atomic E-state index is -0.230. The average Bonchev–Trinajstić information content (AvgIpc) is 3.44. The van der Waals surface area contributed by atoms with Crippen LogP contribution in [-0.2, 0) is 0 Å². The molecule has 0 bridgehead atoms. The average molecular weight is 413 g/mol. The highest BCUT2D eigenvalue weighted by atomic mass is 16.1. The first-order valence-corrected chi connectivity index (χ1v) is 9.78. The summed E-state index contributed by atoms with van der Waals surface area (Å²) < 4.78 is 3.30. The van der Waals surface area contributed by atoms with Crippen LogP contribution in [0.3, 0.4) is 0 Å². The summed E-state index contributed by atoms with van der Waals surface area (Å²) in [6.45, 7) is 2.81. The zero-order chi connectivity index (χ0) is 21.2. The van der Waals surface area contributed by atoms with E-state index >= 15 is 0 Å². The van der Waals surface area contributed by atoms with Gasteiger partial charge in [0, 0.05) is 36.6 Å². The summed E-state index contributed by atoms with van der Waals surface area (Å²) in [5.74, 6) is 1.06. The fourth-order valence-corrected chi connectivity index (χ4v) is 3.40. The molecule has 0 spiro atoms. The number of aromatic nitrogens is 7. The predicted octanol–water partition coefficient (Wildman–Crippen LogP) is 1.98. The van der Waals surface area contributed by atoms with Gasteiger partial charge in [-0.1, -0.05) is 30.3 Å². The first-order chi connectivity index (χ1) is 15.2. The van der Waals surface area contributed by atoms with Gasteiger partial charge in [-0.2, -0.15) is 19.7 Å². The van der Waals surface area contributed by atoms with Crippen molar-refractivity contribution in [2.24, 2.45) is 0 Å². The minimum absolute atomic E-state index is 0.230. The maximum absolute atomic E-state index is 12.7. The topological polar surface area (TPSA) is 114 Å². The summed E-state index contributed by atoms with van der Waals surface area (Å²) in [5, 5.41) is 14.7. The molecule has 0 atom stereocenters. The first kappa shape index (κ1) is 18.7. The van der Waals surface area contributed by atoms with Crippen molar-refractivity contribution in [2.45, 2.75) is 6.92 Å². The van der Waals surface area contributed by atoms with Gasteiger partial charge in [0.05, 0.1) is 11.9 Å². The van der Waals surface area contributed by atoms with E-state index in [0.29, 0.717) is 30.1 Å². The predicted molar refractivity (Wildman–Crippen MR) is 115 cm³/mol. The number of anilines is 1. The number of carbonyl (C=O) groups is 1. The molecule has 0 radical (unpaired) electrons. The standard InChI is InChI=1S/C21H19N9O/c1-14-11-18(30-21(28-14)25-13-27-30)22-9-10-24-20(31)16-12-26-29-17(7-8-23-19(16)29)15-5-3-2-4-6-15/h2-8,11-13,22H,9-10H2,1H3,(H,24,31). The van der Waals surface area contributed by atoms with Crippen molar-refractivity contribution in [3.63, 3.8) is 0 Å². The molecule has 5 aromatic rings. The van der Waals surface area contributed by atoms with Crippen molar-refractivity contribution in [2.75, 3.05) is 18.4 Å². The van der Waals surface area contributed by atoms with E-state index in [0.717, 1.165) is 22.8 Å². The molecule has 10 nitrogen and oxygen atoms in total. The first-order valence-electron chi connectivity index (χ1n) is 9.78. The summed E-state index contributed by atoms with van der Waals surface area (Å²) >= 11 is 0. The fraction of sp³-hybridized carbons (Fsp3) is 0.143. The second-order valence-electron chi connectivity index (χ2n) is 6.93. The number of nitrogens with one attached hydrogen (secondary N) is 2. The van der Waals surface area contributed by atoms with Crippen LogP contribution < -0.4 is 10.6 Å². The Morgan fingerprint density at radius 3 is 2.77 bits per heavy atom. The minimum Gasteiger partial charge on any atom is -0.368 e. The molecule has 0 aliphatic carbocycles. The molecule has 5 rings (SSSR count). The van der Waals surface area contributed by atoms with E-state index in [9.17, 15) is 4.79 Å². The lowest BCUT2D eigenvalue weighted by Gasteiger charge is -2.09. The van der Waals surface area contributed by atoms with E-state index in [1.807, 2.05) is 49.4 Å². The van der Waals surface area contributed by atoms with Gasteiger partial charge < -0.3 is 10.6 Å². The Kier molecular flexibility index (Phi) is 4.71. The van der Waals surface area contributed by atoms with Gasteiger partial charge in [-0.25, -0.2) is 14.5 Å². The third kappa shape index (κ3) is 3.54. The van der Waals surface area contributed by atoms with E-state index in [1.54, 1.807) is 21.4 Å². The van der Waals surface area contributed by atoms with Crippen LogP contribution in [0.1, 0.15) is 16.1 Å². The molecule has 1 aromatic carbocycles. The molecule has 0 unspecified atom stereocenters. The summed E-state index contributed by atoms with van der Waals surface area (Å²) in [6, 6.07) is 13.6. The third-order valence-corrected chi connectivity index (χ3v) is 4.81. The molecule has 4 aromatic heterocycles. The zero-order valence-electron chi connectivity index (χ0n) is 16.7.